The molecule has 2 saturated heterocycles. The van der Waals surface area contributed by atoms with Crippen LogP contribution in [0.3, 0.4) is 0 Å². The van der Waals surface area contributed by atoms with Crippen LogP contribution in [0, 0.1) is 50.2 Å². The quantitative estimate of drug-likeness (QED) is 0.125. The second-order valence-corrected chi connectivity index (χ2v) is 21.0. The summed E-state index contributed by atoms with van der Waals surface area (Å²) in [6, 6.07) is 0. The number of aliphatic hydroxyl groups is 9. The Morgan fingerprint density at radius 3 is 2.05 bits per heavy atom. The van der Waals surface area contributed by atoms with Crippen molar-refractivity contribution in [1.29, 1.82) is 0 Å². The van der Waals surface area contributed by atoms with Crippen molar-refractivity contribution in [3.8, 4) is 0 Å². The van der Waals surface area contributed by atoms with Crippen molar-refractivity contribution in [2.24, 2.45) is 50.2 Å². The van der Waals surface area contributed by atoms with Crippen LogP contribution in [-0.4, -0.2) is 153 Å². The van der Waals surface area contributed by atoms with Crippen molar-refractivity contribution < 1.29 is 69.6 Å². The van der Waals surface area contributed by atoms with E-state index in [9.17, 15) is 46.0 Å². The first-order valence-corrected chi connectivity index (χ1v) is 21.4. The van der Waals surface area contributed by atoms with E-state index in [0.717, 1.165) is 38.5 Å². The van der Waals surface area contributed by atoms with Gasteiger partial charge in [-0.15, -0.1) is 0 Å². The first-order valence-electron chi connectivity index (χ1n) is 21.4. The fourth-order valence-corrected chi connectivity index (χ4v) is 14.0. The van der Waals surface area contributed by atoms with Crippen LogP contribution in [0.5, 0.6) is 0 Å². The van der Waals surface area contributed by atoms with Crippen LogP contribution < -0.4 is 0 Å². The predicted octanol–water partition coefficient (Wildman–Crippen LogP) is 1.39. The van der Waals surface area contributed by atoms with Crippen LogP contribution in [0.2, 0.25) is 0 Å². The summed E-state index contributed by atoms with van der Waals surface area (Å²) >= 11 is 0. The van der Waals surface area contributed by atoms with Crippen LogP contribution in [0.15, 0.2) is 11.6 Å². The maximum absolute atomic E-state index is 12.1. The Labute approximate surface area is 337 Å². The third-order valence-electron chi connectivity index (χ3n) is 17.7. The molecule has 21 unspecified atom stereocenters. The van der Waals surface area contributed by atoms with Crippen molar-refractivity contribution in [2.75, 3.05) is 26.9 Å². The van der Waals surface area contributed by atoms with Gasteiger partial charge in [-0.05, 0) is 91.8 Å². The molecule has 9 N–H and O–H groups in total. The first kappa shape index (κ1) is 44.2. The lowest BCUT2D eigenvalue weighted by Gasteiger charge is -2.73. The highest BCUT2D eigenvalue weighted by atomic mass is 16.7. The summed E-state index contributed by atoms with van der Waals surface area (Å²) in [5.74, 6) is 0.0264. The van der Waals surface area contributed by atoms with Crippen molar-refractivity contribution in [2.45, 2.75) is 180 Å². The average Bonchev–Trinajstić information content (AvgIpc) is 3.16. The molecule has 0 aromatic rings. The molecule has 14 heteroatoms. The van der Waals surface area contributed by atoms with E-state index in [0.29, 0.717) is 12.8 Å². The number of allylic oxidation sites excluding steroid dienone is 1. The Balaban J connectivity index is 1.17. The van der Waals surface area contributed by atoms with E-state index in [-0.39, 0.29) is 58.7 Å². The van der Waals surface area contributed by atoms with Gasteiger partial charge in [-0.3, -0.25) is 0 Å². The van der Waals surface area contributed by atoms with E-state index < -0.39 is 91.1 Å². The van der Waals surface area contributed by atoms with Gasteiger partial charge in [-0.25, -0.2) is 0 Å². The third kappa shape index (κ3) is 6.48. The number of hydrogen-bond acceptors (Lipinski definition) is 14. The van der Waals surface area contributed by atoms with Crippen LogP contribution in [0.1, 0.15) is 99.8 Å². The maximum Gasteiger partial charge on any atom is 0.187 e. The summed E-state index contributed by atoms with van der Waals surface area (Å²) < 4.78 is 30.6. The van der Waals surface area contributed by atoms with E-state index in [4.69, 9.17) is 23.7 Å². The van der Waals surface area contributed by atoms with Gasteiger partial charge >= 0.3 is 0 Å². The lowest BCUT2D eigenvalue weighted by atomic mass is 9.32. The largest absolute Gasteiger partial charge is 0.396 e. The highest BCUT2D eigenvalue weighted by Gasteiger charge is 2.72. The van der Waals surface area contributed by atoms with Crippen molar-refractivity contribution in [1.82, 2.24) is 0 Å². The van der Waals surface area contributed by atoms with E-state index in [1.165, 1.54) is 5.57 Å². The fraction of sp³-hybridized carbons (Fsp3) is 0.953. The van der Waals surface area contributed by atoms with E-state index in [1.54, 1.807) is 14.0 Å². The molecule has 0 radical (unpaired) electrons. The molecule has 7 aliphatic rings. The molecule has 7 rings (SSSR count). The lowest BCUT2D eigenvalue weighted by molar-refractivity contribution is -0.368. The molecule has 0 amide bonds. The molecule has 0 bridgehead atoms. The minimum Gasteiger partial charge on any atom is -0.396 e. The summed E-state index contributed by atoms with van der Waals surface area (Å²) in [5.41, 5.74) is -0.934. The number of ether oxygens (including phenoxy) is 5. The molecule has 2 aliphatic heterocycles. The van der Waals surface area contributed by atoms with Crippen molar-refractivity contribution in [3.05, 3.63) is 11.6 Å². The second-order valence-electron chi connectivity index (χ2n) is 21.0. The summed E-state index contributed by atoms with van der Waals surface area (Å²) in [6.45, 7) is 14.4. The number of aliphatic hydroxyl groups excluding tert-OH is 9. The van der Waals surface area contributed by atoms with Gasteiger partial charge in [0, 0.05) is 23.9 Å². The zero-order chi connectivity index (χ0) is 41.8. The summed E-state index contributed by atoms with van der Waals surface area (Å²) in [5, 5.41) is 98.1. The van der Waals surface area contributed by atoms with Gasteiger partial charge in [0.1, 0.15) is 42.7 Å². The average molecular weight is 813 g/mol. The first-order chi connectivity index (χ1) is 26.6. The predicted molar refractivity (Wildman–Crippen MR) is 205 cm³/mol. The summed E-state index contributed by atoms with van der Waals surface area (Å²) in [6.07, 6.45) is -7.49. The Bertz CT molecular complexity index is 1490. The normalized spacial score (nSPS) is 56.1. The maximum atomic E-state index is 12.1. The molecular formula is C43H72O14. The van der Waals surface area contributed by atoms with Crippen molar-refractivity contribution >= 4 is 0 Å². The van der Waals surface area contributed by atoms with Gasteiger partial charge in [0.15, 0.2) is 12.6 Å². The smallest absolute Gasteiger partial charge is 0.187 e. The summed E-state index contributed by atoms with van der Waals surface area (Å²) in [7, 11) is 1.78. The van der Waals surface area contributed by atoms with E-state index >= 15 is 0 Å². The molecular weight excluding hydrogens is 740 g/mol. The van der Waals surface area contributed by atoms with E-state index in [1.807, 2.05) is 6.92 Å². The van der Waals surface area contributed by atoms with Crippen LogP contribution in [0.25, 0.3) is 0 Å². The van der Waals surface area contributed by atoms with Gasteiger partial charge in [-0.1, -0.05) is 53.2 Å². The molecule has 328 valence electrons. The van der Waals surface area contributed by atoms with Crippen LogP contribution >= 0.6 is 0 Å². The van der Waals surface area contributed by atoms with Gasteiger partial charge in [0.2, 0.25) is 0 Å². The molecule has 2 heterocycles. The molecule has 21 atom stereocenters. The molecule has 0 aromatic heterocycles. The van der Waals surface area contributed by atoms with E-state index in [2.05, 4.69) is 40.7 Å². The monoisotopic (exact) mass is 812 g/mol. The number of hydrogen-bond donors (Lipinski definition) is 9. The summed E-state index contributed by atoms with van der Waals surface area (Å²) in [4.78, 5) is 0. The standard InChI is InChI=1S/C43H72O14/c1-21-29(48)34(57-36-32(51)31(50)30(49)25(18-44)55-36)33(52)37(54-21)56-28-10-11-39(4)26(40(28,5)19-45)9-12-41(6)35(39)24(53-8)15-22-23-16-38(2,3)13-14-43(23,20-46)27(47)17-42(22,41)7/h15,21,23-37,44-52H,9-14,16-20H2,1-8H3. The molecule has 6 fully saturated rings. The highest BCUT2D eigenvalue weighted by molar-refractivity contribution is 5.37. The number of rotatable bonds is 8. The number of fused-ring (bicyclic) bond motifs is 7. The lowest BCUT2D eigenvalue weighted by Crippen LogP contribution is -2.70. The van der Waals surface area contributed by atoms with Crippen LogP contribution in [0.4, 0.5) is 0 Å². The minimum absolute atomic E-state index is 0.0303. The SMILES string of the molecule is COC1C=C2C3CC(C)(C)CCC3(CO)C(O)CC2(C)C2(C)CCC3C(C)(CO)C(OC4OC(C)C(O)C(OC5OC(CO)C(O)C(O)C5O)C4O)CCC3(C)C12. The van der Waals surface area contributed by atoms with Gasteiger partial charge in [-0.2, -0.15) is 0 Å². The molecule has 0 aromatic carbocycles. The molecule has 0 spiro atoms. The zero-order valence-electron chi connectivity index (χ0n) is 35.2. The minimum atomic E-state index is -1.74. The van der Waals surface area contributed by atoms with Gasteiger partial charge < -0.3 is 69.6 Å². The topological polar surface area (TPSA) is 228 Å². The Hall–Kier alpha value is -0.820. The molecule has 57 heavy (non-hydrogen) atoms. The Morgan fingerprint density at radius 1 is 0.737 bits per heavy atom. The molecule has 5 aliphatic carbocycles. The Kier molecular flexibility index (Phi) is 11.8. The zero-order valence-corrected chi connectivity index (χ0v) is 35.2. The molecule has 14 nitrogen and oxygen atoms in total. The van der Waals surface area contributed by atoms with Gasteiger partial charge in [0.25, 0.3) is 0 Å². The Morgan fingerprint density at radius 2 is 1.42 bits per heavy atom. The number of methoxy groups -OCH3 is 1. The fourth-order valence-electron chi connectivity index (χ4n) is 14.0. The third-order valence-corrected chi connectivity index (χ3v) is 17.7. The van der Waals surface area contributed by atoms with Gasteiger partial charge in [0.05, 0.1) is 44.2 Å². The van der Waals surface area contributed by atoms with Crippen molar-refractivity contribution in [3.63, 3.8) is 0 Å². The second kappa shape index (κ2) is 15.2. The molecule has 4 saturated carbocycles. The van der Waals surface area contributed by atoms with Crippen LogP contribution in [-0.2, 0) is 23.7 Å². The highest BCUT2D eigenvalue weighted by Crippen LogP contribution is 2.76.